The Hall–Kier alpha value is -4.21. The number of hydrogen-bond acceptors (Lipinski definition) is 6. The molecule has 0 unspecified atom stereocenters. The molecule has 2 aromatic heterocycles. The third-order valence-corrected chi connectivity index (χ3v) is 6.06. The number of alkyl halides is 1. The molecule has 0 spiro atoms. The van der Waals surface area contributed by atoms with Crippen molar-refractivity contribution < 1.29 is 23.5 Å². The minimum absolute atomic E-state index is 0.116. The zero-order valence-electron chi connectivity index (χ0n) is 19.9. The number of carbonyl (C=O) groups excluding carboxylic acids is 3. The molecule has 3 N–H and O–H groups in total. The summed E-state index contributed by atoms with van der Waals surface area (Å²) in [6.07, 6.45) is 1.03. The third kappa shape index (κ3) is 4.66. The number of nitrogens with one attached hydrogen (secondary N) is 3. The molecular weight excluding hydrogens is 465 g/mol. The highest BCUT2D eigenvalue weighted by molar-refractivity contribution is 6.09. The quantitative estimate of drug-likeness (QED) is 0.456. The second-order valence-corrected chi connectivity index (χ2v) is 9.28. The van der Waals surface area contributed by atoms with E-state index in [4.69, 9.17) is 4.74 Å². The van der Waals surface area contributed by atoms with Crippen molar-refractivity contribution in [3.63, 3.8) is 0 Å². The largest absolute Gasteiger partial charge is 0.447 e. The van der Waals surface area contributed by atoms with Crippen LogP contribution in [0, 0.1) is 0 Å². The number of ether oxygens (including phenoxy) is 1. The molecule has 2 aliphatic rings. The third-order valence-electron chi connectivity index (χ3n) is 6.06. The number of fused-ring (bicyclic) bond motifs is 1. The van der Waals surface area contributed by atoms with Crippen molar-refractivity contribution in [3.05, 3.63) is 59.9 Å². The van der Waals surface area contributed by atoms with Gasteiger partial charge >= 0.3 is 6.09 Å². The average molecular weight is 492 g/mol. The number of aromatic amines is 1. The number of amides is 2. The topological polar surface area (TPSA) is 116 Å². The fourth-order valence-electron chi connectivity index (χ4n) is 4.11. The summed E-state index contributed by atoms with van der Waals surface area (Å²) >= 11 is 0. The van der Waals surface area contributed by atoms with Crippen molar-refractivity contribution in [3.8, 4) is 11.3 Å². The molecule has 5 rings (SSSR count). The predicted molar refractivity (Wildman–Crippen MR) is 132 cm³/mol. The van der Waals surface area contributed by atoms with E-state index in [1.54, 1.807) is 26.0 Å². The van der Waals surface area contributed by atoms with Crippen LogP contribution in [0.3, 0.4) is 0 Å². The van der Waals surface area contributed by atoms with Crippen LogP contribution in [0.5, 0.6) is 0 Å². The average Bonchev–Trinajstić information content (AvgIpc) is 3.50. The van der Waals surface area contributed by atoms with E-state index in [-0.39, 0.29) is 43.6 Å². The Balaban J connectivity index is 1.53. The van der Waals surface area contributed by atoms with E-state index in [2.05, 4.69) is 20.6 Å². The normalized spacial score (nSPS) is 15.9. The maximum absolute atomic E-state index is 14.2. The maximum Gasteiger partial charge on any atom is 0.410 e. The fourth-order valence-corrected chi connectivity index (χ4v) is 4.11. The number of Topliss-reactive ketones (excluding diaryl/α,β-unsaturated/α-hetero) is 1. The van der Waals surface area contributed by atoms with Crippen LogP contribution in [0.4, 0.5) is 26.4 Å². The van der Waals surface area contributed by atoms with E-state index >= 15 is 0 Å². The van der Waals surface area contributed by atoms with Crippen LogP contribution >= 0.6 is 0 Å². The molecule has 186 valence electrons. The van der Waals surface area contributed by atoms with E-state index in [1.165, 1.54) is 11.1 Å². The minimum atomic E-state index is -1.83. The number of ketones is 1. The second kappa shape index (κ2) is 9.10. The van der Waals surface area contributed by atoms with Gasteiger partial charge in [-0.05, 0) is 51.0 Å². The van der Waals surface area contributed by atoms with Crippen molar-refractivity contribution in [2.45, 2.75) is 45.0 Å². The van der Waals surface area contributed by atoms with E-state index in [1.807, 2.05) is 30.3 Å². The number of nitrogens with zero attached hydrogens (tertiary/aromatic N) is 2. The van der Waals surface area contributed by atoms with Gasteiger partial charge in [-0.3, -0.25) is 14.5 Å². The van der Waals surface area contributed by atoms with Crippen molar-refractivity contribution in [2.24, 2.45) is 0 Å². The van der Waals surface area contributed by atoms with Gasteiger partial charge in [-0.15, -0.1) is 0 Å². The zero-order chi connectivity index (χ0) is 25.4. The van der Waals surface area contributed by atoms with Gasteiger partial charge in [-0.1, -0.05) is 18.2 Å². The first-order chi connectivity index (χ1) is 17.2. The number of aromatic nitrogens is 2. The second-order valence-electron chi connectivity index (χ2n) is 9.28. The molecule has 1 saturated carbocycles. The Morgan fingerprint density at radius 1 is 1.17 bits per heavy atom. The molecular formula is C26H26FN5O4. The number of anilines is 3. The Bertz CT molecular complexity index is 1330. The smallest absolute Gasteiger partial charge is 0.410 e. The van der Waals surface area contributed by atoms with Gasteiger partial charge in [-0.2, -0.15) is 0 Å². The summed E-state index contributed by atoms with van der Waals surface area (Å²) in [6.45, 7) is 3.54. The number of H-pyrrole nitrogens is 1. The number of carbonyl (C=O) groups is 3. The number of hydrogen-bond donors (Lipinski definition) is 3. The van der Waals surface area contributed by atoms with Crippen LogP contribution in [0.25, 0.3) is 11.3 Å². The molecule has 1 fully saturated rings. The highest BCUT2D eigenvalue weighted by Crippen LogP contribution is 2.41. The molecule has 0 atom stereocenters. The number of rotatable bonds is 6. The van der Waals surface area contributed by atoms with Crippen LogP contribution in [-0.2, 0) is 16.1 Å². The lowest BCUT2D eigenvalue weighted by molar-refractivity contribution is -0.122. The molecule has 1 aliphatic carbocycles. The SMILES string of the molecule is CC(C)OC(=O)N1CC(=O)c2c([nH]c(-c3ccnc(NC(=O)C4(F)CC4)c3)c2Nc2ccccc2)C1. The maximum atomic E-state index is 14.2. The van der Waals surface area contributed by atoms with E-state index in [9.17, 15) is 18.8 Å². The Morgan fingerprint density at radius 2 is 1.92 bits per heavy atom. The number of pyridine rings is 1. The first-order valence-electron chi connectivity index (χ1n) is 11.8. The Morgan fingerprint density at radius 3 is 2.61 bits per heavy atom. The van der Waals surface area contributed by atoms with Gasteiger partial charge < -0.3 is 20.4 Å². The summed E-state index contributed by atoms with van der Waals surface area (Å²) in [7, 11) is 0. The standard InChI is InChI=1S/C26H26FN5O4/c1-15(2)36-25(35)32-13-18-21(19(33)14-32)23(29-17-6-4-3-5-7-17)22(30-18)16-8-11-28-20(12-16)31-24(34)26(27)9-10-26/h3-8,11-12,15,29-30H,9-10,13-14H2,1-2H3,(H,28,31,34). The first kappa shape index (κ1) is 23.5. The molecule has 0 radical (unpaired) electrons. The van der Waals surface area contributed by atoms with Crippen LogP contribution in [-0.4, -0.2) is 51.0 Å². The lowest BCUT2D eigenvalue weighted by Crippen LogP contribution is -2.40. The summed E-state index contributed by atoms with van der Waals surface area (Å²) < 4.78 is 19.4. The summed E-state index contributed by atoms with van der Waals surface area (Å²) in [5, 5.41) is 5.86. The van der Waals surface area contributed by atoms with E-state index < -0.39 is 17.7 Å². The monoisotopic (exact) mass is 491 g/mol. The molecule has 3 heterocycles. The number of benzene rings is 1. The highest BCUT2D eigenvalue weighted by atomic mass is 19.1. The van der Waals surface area contributed by atoms with Gasteiger partial charge in [0.25, 0.3) is 5.91 Å². The van der Waals surface area contributed by atoms with E-state index in [0.717, 1.165) is 5.69 Å². The van der Waals surface area contributed by atoms with E-state index in [0.29, 0.717) is 28.2 Å². The van der Waals surface area contributed by atoms with Gasteiger partial charge in [0.15, 0.2) is 11.5 Å². The molecule has 9 nitrogen and oxygen atoms in total. The molecule has 1 aliphatic heterocycles. The predicted octanol–water partition coefficient (Wildman–Crippen LogP) is 4.80. The van der Waals surface area contributed by atoms with Crippen molar-refractivity contribution >= 4 is 35.0 Å². The molecule has 0 bridgehead atoms. The van der Waals surface area contributed by atoms with Crippen LogP contribution < -0.4 is 10.6 Å². The minimum Gasteiger partial charge on any atom is -0.447 e. The first-order valence-corrected chi connectivity index (χ1v) is 11.8. The zero-order valence-corrected chi connectivity index (χ0v) is 19.9. The molecule has 36 heavy (non-hydrogen) atoms. The molecule has 10 heteroatoms. The molecule has 1 aromatic carbocycles. The Labute approximate surface area is 207 Å². The summed E-state index contributed by atoms with van der Waals surface area (Å²) in [5.41, 5.74) is 1.70. The van der Waals surface area contributed by atoms with Crippen molar-refractivity contribution in [1.29, 1.82) is 0 Å². The Kier molecular flexibility index (Phi) is 5.95. The molecule has 2 amide bonds. The van der Waals surface area contributed by atoms with Gasteiger partial charge in [-0.25, -0.2) is 14.2 Å². The number of halogens is 1. The summed E-state index contributed by atoms with van der Waals surface area (Å²) in [4.78, 5) is 46.7. The fraction of sp³-hybridized carbons (Fsp3) is 0.308. The van der Waals surface area contributed by atoms with Crippen LogP contribution in [0.15, 0.2) is 48.7 Å². The van der Waals surface area contributed by atoms with Gasteiger partial charge in [0.2, 0.25) is 0 Å². The van der Waals surface area contributed by atoms with Gasteiger partial charge in [0.05, 0.1) is 36.1 Å². The van der Waals surface area contributed by atoms with Crippen molar-refractivity contribution in [1.82, 2.24) is 14.9 Å². The lowest BCUT2D eigenvalue weighted by atomic mass is 10.0. The van der Waals surface area contributed by atoms with Crippen LogP contribution in [0.2, 0.25) is 0 Å². The summed E-state index contributed by atoms with van der Waals surface area (Å²) in [6, 6.07) is 12.7. The van der Waals surface area contributed by atoms with Crippen LogP contribution in [0.1, 0.15) is 42.7 Å². The number of para-hydroxylation sites is 1. The lowest BCUT2D eigenvalue weighted by Gasteiger charge is -2.26. The molecule has 3 aromatic rings. The van der Waals surface area contributed by atoms with Gasteiger partial charge in [0.1, 0.15) is 5.82 Å². The van der Waals surface area contributed by atoms with Crippen molar-refractivity contribution in [2.75, 3.05) is 17.2 Å². The summed E-state index contributed by atoms with van der Waals surface area (Å²) in [5.74, 6) is -0.753. The van der Waals surface area contributed by atoms with Gasteiger partial charge in [0, 0.05) is 23.1 Å². The molecule has 0 saturated heterocycles. The highest BCUT2D eigenvalue weighted by Gasteiger charge is 2.51.